The molecule has 0 N–H and O–H groups in total. The fourth-order valence-electron chi connectivity index (χ4n) is 5.83. The van der Waals surface area contributed by atoms with Crippen LogP contribution in [0.15, 0.2) is 18.3 Å². The van der Waals surface area contributed by atoms with Gasteiger partial charge in [-0.1, -0.05) is 13.8 Å². The number of nitrogens with zero attached hydrogens (tertiary/aromatic N) is 2. The molecule has 0 spiro atoms. The maximum Gasteiger partial charge on any atom is 0.259 e. The lowest BCUT2D eigenvalue weighted by molar-refractivity contribution is -0.235. The highest BCUT2D eigenvalue weighted by Gasteiger charge is 2.62. The molecule has 1 amide bonds. The summed E-state index contributed by atoms with van der Waals surface area (Å²) in [7, 11) is 3.21. The molecule has 6 heteroatoms. The van der Waals surface area contributed by atoms with E-state index >= 15 is 0 Å². The third kappa shape index (κ3) is 4.81. The van der Waals surface area contributed by atoms with Crippen LogP contribution in [-0.4, -0.2) is 55.2 Å². The van der Waals surface area contributed by atoms with Crippen LogP contribution in [0.25, 0.3) is 0 Å². The molecule has 1 saturated heterocycles. The Morgan fingerprint density at radius 3 is 2.65 bits per heavy atom. The predicted molar refractivity (Wildman–Crippen MR) is 118 cm³/mol. The first-order valence-electron chi connectivity index (χ1n) is 11.8. The number of carbonyl (C=O) groups is 1. The van der Waals surface area contributed by atoms with E-state index in [1.54, 1.807) is 19.1 Å². The van der Waals surface area contributed by atoms with Gasteiger partial charge in [0.15, 0.2) is 5.60 Å². The van der Waals surface area contributed by atoms with Crippen LogP contribution in [0.5, 0.6) is 0 Å². The first-order valence-corrected chi connectivity index (χ1v) is 11.8. The van der Waals surface area contributed by atoms with Gasteiger partial charge in [0, 0.05) is 32.5 Å². The first kappa shape index (κ1) is 22.7. The SMILES string of the molecule is COCO[C@@]1(Cc2cc(CC[C@@H]3C[C@@H]4C[C@@H]4C3)ccn2)C(=O)N(COC)[C@H]1CC(C)C. The Morgan fingerprint density at radius 1 is 1.19 bits per heavy atom. The van der Waals surface area contributed by atoms with Crippen LogP contribution >= 0.6 is 0 Å². The molecule has 3 aliphatic rings. The van der Waals surface area contributed by atoms with E-state index in [0.717, 1.165) is 36.3 Å². The summed E-state index contributed by atoms with van der Waals surface area (Å²) in [6, 6.07) is 4.24. The van der Waals surface area contributed by atoms with Gasteiger partial charge in [0.25, 0.3) is 5.91 Å². The van der Waals surface area contributed by atoms with Gasteiger partial charge in [0.2, 0.25) is 0 Å². The van der Waals surface area contributed by atoms with E-state index in [1.165, 1.54) is 31.2 Å². The number of pyridine rings is 1. The Morgan fingerprint density at radius 2 is 1.97 bits per heavy atom. The highest BCUT2D eigenvalue weighted by molar-refractivity contribution is 5.93. The molecule has 172 valence electrons. The van der Waals surface area contributed by atoms with Gasteiger partial charge >= 0.3 is 0 Å². The lowest BCUT2D eigenvalue weighted by atomic mass is 9.74. The number of β-lactam (4-membered cyclic amide) rings is 1. The van der Waals surface area contributed by atoms with Crippen molar-refractivity contribution in [2.75, 3.05) is 27.7 Å². The van der Waals surface area contributed by atoms with Gasteiger partial charge in [-0.25, -0.2) is 0 Å². The van der Waals surface area contributed by atoms with Crippen LogP contribution in [0.4, 0.5) is 0 Å². The molecule has 31 heavy (non-hydrogen) atoms. The van der Waals surface area contributed by atoms with Crippen molar-refractivity contribution >= 4 is 5.91 Å². The van der Waals surface area contributed by atoms with Crippen molar-refractivity contribution in [3.8, 4) is 0 Å². The van der Waals surface area contributed by atoms with Gasteiger partial charge in [-0.3, -0.25) is 9.78 Å². The van der Waals surface area contributed by atoms with Crippen LogP contribution in [-0.2, 0) is 31.8 Å². The summed E-state index contributed by atoms with van der Waals surface area (Å²) in [6.07, 6.45) is 9.88. The topological polar surface area (TPSA) is 60.9 Å². The predicted octanol–water partition coefficient (Wildman–Crippen LogP) is 3.82. The molecule has 2 aliphatic carbocycles. The average Bonchev–Trinajstić information content (AvgIpc) is 3.37. The summed E-state index contributed by atoms with van der Waals surface area (Å²) in [4.78, 5) is 19.6. The number of carbonyl (C=O) groups excluding carboxylic acids is 1. The summed E-state index contributed by atoms with van der Waals surface area (Å²) in [6.45, 7) is 4.71. The number of hydrogen-bond acceptors (Lipinski definition) is 5. The Balaban J connectivity index is 1.47. The zero-order valence-corrected chi connectivity index (χ0v) is 19.5. The van der Waals surface area contributed by atoms with Crippen LogP contribution < -0.4 is 0 Å². The number of ether oxygens (including phenoxy) is 3. The van der Waals surface area contributed by atoms with Crippen molar-refractivity contribution in [2.45, 2.75) is 70.4 Å². The van der Waals surface area contributed by atoms with E-state index in [-0.39, 0.29) is 25.5 Å². The Labute approximate surface area is 186 Å². The van der Waals surface area contributed by atoms with Crippen LogP contribution in [0.3, 0.4) is 0 Å². The van der Waals surface area contributed by atoms with Crippen molar-refractivity contribution in [2.24, 2.45) is 23.7 Å². The van der Waals surface area contributed by atoms with E-state index < -0.39 is 5.60 Å². The Bertz CT molecular complexity index is 760. The van der Waals surface area contributed by atoms with Gasteiger partial charge in [-0.15, -0.1) is 0 Å². The normalized spacial score (nSPS) is 31.8. The molecule has 2 heterocycles. The number of likely N-dealkylation sites (tertiary alicyclic amines) is 1. The molecule has 0 aromatic carbocycles. The zero-order valence-electron chi connectivity index (χ0n) is 19.5. The molecule has 4 rings (SSSR count). The van der Waals surface area contributed by atoms with Crippen molar-refractivity contribution in [1.29, 1.82) is 0 Å². The standard InChI is InChI=1S/C25H38N2O4/c1-17(2)9-23-25(31-16-30-4,24(28)27(23)15-29-3)14-22-12-18(7-8-26-22)5-6-19-10-20-13-21(20)11-19/h7-8,12,17,19-21,23H,5-6,9-11,13-16H2,1-4H3/t19-,20-,21+,23-,25+/m0/s1. The summed E-state index contributed by atoms with van der Waals surface area (Å²) in [5.74, 6) is 3.36. The number of fused-ring (bicyclic) bond motifs is 1. The second kappa shape index (κ2) is 9.55. The minimum Gasteiger partial charge on any atom is -0.364 e. The van der Waals surface area contributed by atoms with Gasteiger partial charge < -0.3 is 19.1 Å². The third-order valence-corrected chi connectivity index (χ3v) is 7.44. The molecule has 6 nitrogen and oxygen atoms in total. The zero-order chi connectivity index (χ0) is 22.0. The Hall–Kier alpha value is -1.50. The number of rotatable bonds is 12. The van der Waals surface area contributed by atoms with Gasteiger partial charge in [0.05, 0.1) is 6.04 Å². The molecule has 1 aromatic heterocycles. The van der Waals surface area contributed by atoms with Crippen LogP contribution in [0.1, 0.15) is 57.2 Å². The van der Waals surface area contributed by atoms with Gasteiger partial charge in [0.1, 0.15) is 13.5 Å². The molecule has 3 fully saturated rings. The second-order valence-corrected chi connectivity index (χ2v) is 10.2. The molecular formula is C25H38N2O4. The molecular weight excluding hydrogens is 392 g/mol. The van der Waals surface area contributed by atoms with Gasteiger partial charge in [-0.05, 0) is 79.9 Å². The fourth-order valence-corrected chi connectivity index (χ4v) is 5.83. The molecule has 0 radical (unpaired) electrons. The smallest absolute Gasteiger partial charge is 0.259 e. The molecule has 2 saturated carbocycles. The summed E-state index contributed by atoms with van der Waals surface area (Å²) in [5, 5.41) is 0. The summed E-state index contributed by atoms with van der Waals surface area (Å²) < 4.78 is 16.6. The number of methoxy groups -OCH3 is 2. The maximum absolute atomic E-state index is 13.2. The van der Waals surface area contributed by atoms with Crippen molar-refractivity contribution in [1.82, 2.24) is 9.88 Å². The number of aryl methyl sites for hydroxylation is 1. The molecule has 1 aromatic rings. The van der Waals surface area contributed by atoms with Crippen molar-refractivity contribution < 1.29 is 19.0 Å². The summed E-state index contributed by atoms with van der Waals surface area (Å²) >= 11 is 0. The molecule has 1 aliphatic heterocycles. The van der Waals surface area contributed by atoms with E-state index in [0.29, 0.717) is 12.3 Å². The van der Waals surface area contributed by atoms with Crippen molar-refractivity contribution in [3.63, 3.8) is 0 Å². The lowest BCUT2D eigenvalue weighted by Gasteiger charge is -2.55. The Kier molecular flexibility index (Phi) is 6.99. The number of amides is 1. The van der Waals surface area contributed by atoms with E-state index in [4.69, 9.17) is 14.2 Å². The third-order valence-electron chi connectivity index (χ3n) is 7.44. The maximum atomic E-state index is 13.2. The lowest BCUT2D eigenvalue weighted by Crippen LogP contribution is -2.76. The highest BCUT2D eigenvalue weighted by Crippen LogP contribution is 2.55. The van der Waals surface area contributed by atoms with Gasteiger partial charge in [-0.2, -0.15) is 0 Å². The number of aromatic nitrogens is 1. The van der Waals surface area contributed by atoms with E-state index in [1.807, 2.05) is 6.20 Å². The monoisotopic (exact) mass is 430 g/mol. The molecule has 0 unspecified atom stereocenters. The van der Waals surface area contributed by atoms with E-state index in [9.17, 15) is 4.79 Å². The highest BCUT2D eigenvalue weighted by atomic mass is 16.7. The van der Waals surface area contributed by atoms with Crippen LogP contribution in [0.2, 0.25) is 0 Å². The van der Waals surface area contributed by atoms with Crippen LogP contribution in [0, 0.1) is 23.7 Å². The van der Waals surface area contributed by atoms with E-state index in [2.05, 4.69) is 31.0 Å². The van der Waals surface area contributed by atoms with Crippen molar-refractivity contribution in [3.05, 3.63) is 29.6 Å². The fraction of sp³-hybridized carbons (Fsp3) is 0.760. The average molecular weight is 431 g/mol. The largest absolute Gasteiger partial charge is 0.364 e. The molecule has 5 atom stereocenters. The first-order chi connectivity index (χ1) is 15.0. The second-order valence-electron chi connectivity index (χ2n) is 10.2. The summed E-state index contributed by atoms with van der Waals surface area (Å²) in [5.41, 5.74) is 1.30. The minimum absolute atomic E-state index is 0.0329. The number of hydrogen-bond donors (Lipinski definition) is 0. The minimum atomic E-state index is -0.933. The molecule has 0 bridgehead atoms. The quantitative estimate of drug-likeness (QED) is 0.373.